The van der Waals surface area contributed by atoms with E-state index in [9.17, 15) is 47.9 Å². The van der Waals surface area contributed by atoms with Crippen LogP contribution in [0.15, 0.2) is 48.5 Å². The molecule has 22 nitrogen and oxygen atoms in total. The summed E-state index contributed by atoms with van der Waals surface area (Å²) in [5.74, 6) is -4.08. The molecule has 0 bridgehead atoms. The average Bonchev–Trinajstić information content (AvgIpc) is 3.88. The van der Waals surface area contributed by atoms with E-state index in [0.29, 0.717) is 40.7 Å². The highest BCUT2D eigenvalue weighted by Crippen LogP contribution is 2.17. The van der Waals surface area contributed by atoms with Gasteiger partial charge in [0.1, 0.15) is 0 Å². The van der Waals surface area contributed by atoms with Crippen molar-refractivity contribution >= 4 is 70.9 Å². The topological polar surface area (TPSA) is 277 Å². The van der Waals surface area contributed by atoms with Gasteiger partial charge >= 0.3 is 12.2 Å². The van der Waals surface area contributed by atoms with E-state index in [4.69, 9.17) is 10.6 Å². The Labute approximate surface area is 357 Å². The quantitative estimate of drug-likeness (QED) is 0.139. The molecule has 0 aliphatic carbocycles. The monoisotopic (exact) mass is 867 g/mol. The average molecular weight is 868 g/mol. The first-order valence-electron chi connectivity index (χ1n) is 20.0. The van der Waals surface area contributed by atoms with Crippen LogP contribution in [0.4, 0.5) is 21.0 Å². The maximum atomic E-state index is 12.1. The third-order valence-corrected chi connectivity index (χ3v) is 9.31. The number of hydrogen-bond donors (Lipinski definition) is 4. The normalized spacial score (nSPS) is 14.6. The number of benzene rings is 2. The van der Waals surface area contributed by atoms with Crippen LogP contribution in [0, 0.1) is 0 Å². The number of nitrogens with two attached hydrogens (primary N) is 1. The van der Waals surface area contributed by atoms with Crippen molar-refractivity contribution in [1.29, 1.82) is 0 Å². The van der Waals surface area contributed by atoms with Gasteiger partial charge in [0, 0.05) is 87.2 Å². The lowest BCUT2D eigenvalue weighted by atomic mass is 10.2. The molecule has 3 heterocycles. The highest BCUT2D eigenvalue weighted by molar-refractivity contribution is 6.03. The van der Waals surface area contributed by atoms with E-state index in [2.05, 4.69) is 63.1 Å². The first-order valence-corrected chi connectivity index (χ1v) is 20.0. The smallest absolute Gasteiger partial charge is 0.399 e. The number of hydrogen-bond acceptors (Lipinski definition) is 16. The maximum Gasteiger partial charge on any atom is 0.560 e. The fraction of sp³-hybridized carbons (Fsp3) is 0.450. The molecule has 3 aliphatic heterocycles. The number of nitrogens with one attached hydrogen (secondary N) is 3. The summed E-state index contributed by atoms with van der Waals surface area (Å²) in [6, 6.07) is 13.1. The van der Waals surface area contributed by atoms with Crippen LogP contribution in [-0.2, 0) is 43.3 Å². The highest BCUT2D eigenvalue weighted by Gasteiger charge is 2.37. The molecule has 0 aromatic heterocycles. The van der Waals surface area contributed by atoms with Crippen LogP contribution >= 0.6 is 0 Å². The zero-order chi connectivity index (χ0) is 45.8. The first kappa shape index (κ1) is 49.4. The minimum absolute atomic E-state index is 0.0319. The number of nitrogen functional groups attached to an aromatic ring is 1. The Morgan fingerprint density at radius 3 is 1.19 bits per heavy atom. The van der Waals surface area contributed by atoms with Crippen LogP contribution in [0.3, 0.4) is 0 Å². The van der Waals surface area contributed by atoms with Crippen molar-refractivity contribution in [3.8, 4) is 0 Å². The maximum absolute atomic E-state index is 12.1. The molecule has 3 saturated heterocycles. The van der Waals surface area contributed by atoms with E-state index < -0.39 is 47.7 Å². The van der Waals surface area contributed by atoms with Gasteiger partial charge in [-0.05, 0) is 74.7 Å². The van der Waals surface area contributed by atoms with E-state index >= 15 is 0 Å². The van der Waals surface area contributed by atoms with E-state index in [1.54, 1.807) is 36.4 Å². The van der Waals surface area contributed by atoms with Crippen LogP contribution in [0.25, 0.3) is 0 Å². The third kappa shape index (κ3) is 15.6. The lowest BCUT2D eigenvalue weighted by Gasteiger charge is -2.18. The molecular weight excluding hydrogens is 814 g/mol. The molecule has 0 saturated carbocycles. The van der Waals surface area contributed by atoms with Crippen molar-refractivity contribution in [3.05, 3.63) is 59.7 Å². The zero-order valence-electron chi connectivity index (χ0n) is 35.1. The molecule has 336 valence electrons. The standard InChI is InChI=1S/C18H24N4O5.C13H21N3O.C9H8N2O7/c1-3-21(4-2)12-11-19-17(25)13-5-7-14(8-6-13)20-18(26)27-22-15(23)9-10-16(22)24;1-3-16(4-2)10-9-15-13(17)11-5-7-12(14)8-6-11;12-5-1-2-6(13)10(5)17-9(16)18-11-7(14)3-4-8(11)15/h5-8H,3-4,9-12H2,1-2H3,(H,19,25)(H,20,26);5-8H,3-4,9-10,14H2,1-2H3,(H,15,17);1-4H2. The number of rotatable bonds is 16. The van der Waals surface area contributed by atoms with Crippen LogP contribution < -0.4 is 21.7 Å². The van der Waals surface area contributed by atoms with Gasteiger partial charge in [0.05, 0.1) is 0 Å². The van der Waals surface area contributed by atoms with E-state index in [-0.39, 0.29) is 60.5 Å². The second kappa shape index (κ2) is 25.0. The number of likely N-dealkylation sites (N-methyl/N-ethyl adjacent to an activating group) is 2. The van der Waals surface area contributed by atoms with Gasteiger partial charge in [0.15, 0.2) is 0 Å². The van der Waals surface area contributed by atoms with E-state index in [0.717, 1.165) is 39.3 Å². The fourth-order valence-corrected chi connectivity index (χ4v) is 5.64. The van der Waals surface area contributed by atoms with Crippen molar-refractivity contribution in [2.75, 3.05) is 63.4 Å². The van der Waals surface area contributed by atoms with Gasteiger partial charge in [-0.15, -0.1) is 5.06 Å². The van der Waals surface area contributed by atoms with Gasteiger partial charge < -0.3 is 31.0 Å². The Morgan fingerprint density at radius 2 is 0.855 bits per heavy atom. The number of carbonyl (C=O) groups is 10. The number of imide groups is 3. The Kier molecular flexibility index (Phi) is 19.9. The molecule has 0 unspecified atom stereocenters. The minimum atomic E-state index is -1.48. The molecule has 2 aromatic carbocycles. The van der Waals surface area contributed by atoms with Crippen molar-refractivity contribution in [2.24, 2.45) is 0 Å². The molecule has 0 spiro atoms. The molecule has 22 heteroatoms. The Bertz CT molecular complexity index is 1850. The summed E-state index contributed by atoms with van der Waals surface area (Å²) in [6.45, 7) is 15.1. The molecule has 0 atom stereocenters. The second-order valence-electron chi connectivity index (χ2n) is 13.4. The highest BCUT2D eigenvalue weighted by atomic mass is 16.9. The van der Waals surface area contributed by atoms with Gasteiger partial charge in [0.25, 0.3) is 47.3 Å². The van der Waals surface area contributed by atoms with Gasteiger partial charge in [-0.2, -0.15) is 4.79 Å². The SMILES string of the molecule is CCN(CC)CCNC(=O)c1ccc(N)cc1.CCN(CC)CCNC(=O)c1ccc(NC(=O)ON2C(=O)CCC2=O)cc1.O=C(ON1C(=O)CCC1=O)ON1C(=O)CCC1=O. The van der Waals surface area contributed by atoms with Crippen molar-refractivity contribution < 1.29 is 62.5 Å². The number of carbonyl (C=O) groups excluding carboxylic acids is 10. The summed E-state index contributed by atoms with van der Waals surface area (Å²) in [5.41, 5.74) is 7.72. The van der Waals surface area contributed by atoms with Crippen molar-refractivity contribution in [2.45, 2.75) is 66.2 Å². The largest absolute Gasteiger partial charge is 0.560 e. The molecule has 3 fully saturated rings. The molecule has 0 radical (unpaired) electrons. The molecule has 5 rings (SSSR count). The number of nitrogens with zero attached hydrogens (tertiary/aromatic N) is 5. The van der Waals surface area contributed by atoms with Crippen molar-refractivity contribution in [1.82, 2.24) is 35.6 Å². The molecule has 9 amide bonds. The number of amides is 9. The summed E-state index contributed by atoms with van der Waals surface area (Å²) in [6.07, 6.45) is -2.62. The van der Waals surface area contributed by atoms with Gasteiger partial charge in [-0.3, -0.25) is 53.3 Å². The first-order chi connectivity index (χ1) is 29.6. The summed E-state index contributed by atoms with van der Waals surface area (Å²) in [5, 5.41) is 9.12. The van der Waals surface area contributed by atoms with Gasteiger partial charge in [-0.25, -0.2) is 4.79 Å². The lowest BCUT2D eigenvalue weighted by Crippen LogP contribution is -2.37. The van der Waals surface area contributed by atoms with E-state index in [1.807, 2.05) is 0 Å². The zero-order valence-corrected chi connectivity index (χ0v) is 35.1. The molecular formula is C40H53N9O13. The lowest BCUT2D eigenvalue weighted by molar-refractivity contribution is -0.198. The molecule has 2 aromatic rings. The van der Waals surface area contributed by atoms with Crippen molar-refractivity contribution in [3.63, 3.8) is 0 Å². The summed E-state index contributed by atoms with van der Waals surface area (Å²) < 4.78 is 0. The Hall–Kier alpha value is -6.94. The van der Waals surface area contributed by atoms with Crippen LogP contribution in [0.2, 0.25) is 0 Å². The van der Waals surface area contributed by atoms with Crippen LogP contribution in [-0.4, -0.2) is 137 Å². The molecule has 62 heavy (non-hydrogen) atoms. The molecule has 5 N–H and O–H groups in total. The second-order valence-corrected chi connectivity index (χ2v) is 13.4. The summed E-state index contributed by atoms with van der Waals surface area (Å²) in [7, 11) is 0. The molecule has 3 aliphatic rings. The summed E-state index contributed by atoms with van der Waals surface area (Å²) >= 11 is 0. The fourth-order valence-electron chi connectivity index (χ4n) is 5.64. The summed E-state index contributed by atoms with van der Waals surface area (Å²) in [4.78, 5) is 132. The minimum Gasteiger partial charge on any atom is -0.399 e. The number of hydroxylamine groups is 6. The predicted octanol–water partition coefficient (Wildman–Crippen LogP) is 1.98. The number of anilines is 2. The van der Waals surface area contributed by atoms with Crippen LogP contribution in [0.5, 0.6) is 0 Å². The van der Waals surface area contributed by atoms with E-state index in [1.165, 1.54) is 12.1 Å². The van der Waals surface area contributed by atoms with Gasteiger partial charge in [-0.1, -0.05) is 37.8 Å². The van der Waals surface area contributed by atoms with Crippen LogP contribution in [0.1, 0.15) is 86.9 Å². The Morgan fingerprint density at radius 1 is 0.532 bits per heavy atom. The third-order valence-electron chi connectivity index (χ3n) is 9.31. The van der Waals surface area contributed by atoms with Gasteiger partial charge in [0.2, 0.25) is 0 Å². The Balaban J connectivity index is 0.000000258. The predicted molar refractivity (Wildman–Crippen MR) is 218 cm³/mol.